The zero-order chi connectivity index (χ0) is 27.0. The zero-order valence-corrected chi connectivity index (χ0v) is 24.3. The van der Waals surface area contributed by atoms with Gasteiger partial charge in [0, 0.05) is 23.5 Å². The Morgan fingerprint density at radius 2 is 1.97 bits per heavy atom. The second-order valence-corrected chi connectivity index (χ2v) is 11.7. The van der Waals surface area contributed by atoms with Gasteiger partial charge in [-0.15, -0.1) is 0 Å². The van der Waals surface area contributed by atoms with Gasteiger partial charge in [-0.05, 0) is 78.3 Å². The summed E-state index contributed by atoms with van der Waals surface area (Å²) in [5, 5.41) is 1.64. The summed E-state index contributed by atoms with van der Waals surface area (Å²) in [6, 6.07) is 9.83. The molecule has 1 aromatic carbocycles. The number of benzene rings is 1. The average Bonchev–Trinajstić information content (AvgIpc) is 3.37. The van der Waals surface area contributed by atoms with E-state index in [0.29, 0.717) is 51.7 Å². The second kappa shape index (κ2) is 11.0. The number of ether oxygens (including phenoxy) is 1. The Kier molecular flexibility index (Phi) is 7.71. The highest BCUT2D eigenvalue weighted by molar-refractivity contribution is 9.10. The van der Waals surface area contributed by atoms with Gasteiger partial charge in [0.1, 0.15) is 5.76 Å². The number of thiazole rings is 1. The third-order valence-corrected chi connectivity index (χ3v) is 8.41. The Bertz CT molecular complexity index is 1730. The number of allylic oxidation sites excluding steroid dienone is 1. The van der Waals surface area contributed by atoms with E-state index in [1.54, 1.807) is 75.6 Å². The monoisotopic (exact) mass is 630 g/mol. The van der Waals surface area contributed by atoms with E-state index in [4.69, 9.17) is 20.8 Å². The number of hydrogen-bond acceptors (Lipinski definition) is 9. The largest absolute Gasteiger partial charge is 0.459 e. The van der Waals surface area contributed by atoms with Crippen molar-refractivity contribution in [3.05, 3.63) is 101 Å². The predicted octanol–water partition coefficient (Wildman–Crippen LogP) is 5.14. The molecule has 4 heterocycles. The molecule has 194 valence electrons. The maximum absolute atomic E-state index is 13.8. The summed E-state index contributed by atoms with van der Waals surface area (Å²) in [6.45, 7) is 5.30. The van der Waals surface area contributed by atoms with Crippen molar-refractivity contribution in [2.24, 2.45) is 4.99 Å². The summed E-state index contributed by atoms with van der Waals surface area (Å²) >= 11 is 12.1. The van der Waals surface area contributed by atoms with Crippen LogP contribution in [-0.2, 0) is 9.53 Å². The molecule has 0 spiro atoms. The molecule has 1 aliphatic rings. The molecule has 1 atom stereocenters. The van der Waals surface area contributed by atoms with Crippen molar-refractivity contribution in [1.29, 1.82) is 0 Å². The van der Waals surface area contributed by atoms with E-state index in [2.05, 4.69) is 30.9 Å². The summed E-state index contributed by atoms with van der Waals surface area (Å²) in [5.41, 5.74) is 1.21. The summed E-state index contributed by atoms with van der Waals surface area (Å²) < 4.78 is 14.1. The maximum Gasteiger partial charge on any atom is 0.338 e. The topological polar surface area (TPSA) is 99.6 Å². The first-order valence-electron chi connectivity index (χ1n) is 11.4. The molecule has 5 rings (SSSR count). The van der Waals surface area contributed by atoms with Crippen molar-refractivity contribution in [3.8, 4) is 0 Å². The predicted molar refractivity (Wildman–Crippen MR) is 149 cm³/mol. The van der Waals surface area contributed by atoms with Crippen molar-refractivity contribution >= 4 is 62.7 Å². The third kappa shape index (κ3) is 5.42. The summed E-state index contributed by atoms with van der Waals surface area (Å²) in [7, 11) is 0. The van der Waals surface area contributed by atoms with Crippen LogP contribution >= 0.6 is 50.6 Å². The van der Waals surface area contributed by atoms with E-state index in [0.717, 1.165) is 0 Å². The van der Waals surface area contributed by atoms with Crippen molar-refractivity contribution in [2.45, 2.75) is 43.2 Å². The Morgan fingerprint density at radius 1 is 1.26 bits per heavy atom. The van der Waals surface area contributed by atoms with Gasteiger partial charge in [0.05, 0.1) is 32.4 Å². The molecule has 0 N–H and O–H groups in total. The van der Waals surface area contributed by atoms with Crippen molar-refractivity contribution < 1.29 is 13.9 Å². The minimum atomic E-state index is -0.721. The van der Waals surface area contributed by atoms with Gasteiger partial charge in [-0.1, -0.05) is 35.1 Å². The lowest BCUT2D eigenvalue weighted by molar-refractivity contribution is -0.143. The zero-order valence-electron chi connectivity index (χ0n) is 20.3. The molecule has 8 nitrogen and oxygen atoms in total. The Labute approximate surface area is 238 Å². The standard InChI is InChI=1S/C26H20BrClN4O4S2/c1-13(2)35-23(34)20-14(3)31-26-32(21(20)15-5-7-16(28)8-6-15)22(33)19(37-26)12-17-11-18(27)24(36-17)38-25-29-9-4-10-30-25/h4-13,21H,1-3H3/b19-12+/t21-/m1/s1. The summed E-state index contributed by atoms with van der Waals surface area (Å²) in [5.74, 6) is -0.0472. The molecular weight excluding hydrogens is 612 g/mol. The molecule has 38 heavy (non-hydrogen) atoms. The highest BCUT2D eigenvalue weighted by Crippen LogP contribution is 2.35. The Balaban J connectivity index is 1.61. The van der Waals surface area contributed by atoms with Gasteiger partial charge in [-0.3, -0.25) is 9.36 Å². The molecule has 0 saturated heterocycles. The molecule has 0 unspecified atom stereocenters. The first-order valence-corrected chi connectivity index (χ1v) is 14.2. The lowest BCUT2D eigenvalue weighted by Crippen LogP contribution is -2.40. The van der Waals surface area contributed by atoms with E-state index < -0.39 is 12.0 Å². The molecule has 3 aromatic heterocycles. The number of rotatable bonds is 6. The number of esters is 1. The fourth-order valence-electron chi connectivity index (χ4n) is 3.88. The fourth-order valence-corrected chi connectivity index (χ4v) is 6.27. The normalized spacial score (nSPS) is 15.5. The van der Waals surface area contributed by atoms with E-state index in [1.807, 2.05) is 0 Å². The smallest absolute Gasteiger partial charge is 0.338 e. The number of carbonyl (C=O) groups excluding carboxylic acids is 1. The number of nitrogens with zero attached hydrogens (tertiary/aromatic N) is 4. The van der Waals surface area contributed by atoms with Gasteiger partial charge < -0.3 is 9.15 Å². The van der Waals surface area contributed by atoms with Crippen LogP contribution in [0.4, 0.5) is 0 Å². The number of aromatic nitrogens is 3. The summed E-state index contributed by atoms with van der Waals surface area (Å²) in [4.78, 5) is 40.4. The molecule has 0 radical (unpaired) electrons. The molecule has 0 amide bonds. The lowest BCUT2D eigenvalue weighted by atomic mass is 9.96. The number of carbonyl (C=O) groups is 1. The van der Waals surface area contributed by atoms with E-state index in [-0.39, 0.29) is 11.7 Å². The highest BCUT2D eigenvalue weighted by atomic mass is 79.9. The van der Waals surface area contributed by atoms with Gasteiger partial charge in [-0.25, -0.2) is 19.8 Å². The number of furan rings is 1. The van der Waals surface area contributed by atoms with Crippen LogP contribution in [0.3, 0.4) is 0 Å². The number of fused-ring (bicyclic) bond motifs is 1. The minimum absolute atomic E-state index is 0.302. The lowest BCUT2D eigenvalue weighted by Gasteiger charge is -2.25. The SMILES string of the molecule is CC1=C(C(=O)OC(C)C)[C@@H](c2ccc(Cl)cc2)n2c(s/c(=C/c3cc(Br)c(Sc4ncccn4)o3)c2=O)=N1. The van der Waals surface area contributed by atoms with Gasteiger partial charge in [0.2, 0.25) is 0 Å². The fraction of sp³-hybridized carbons (Fsp3) is 0.192. The van der Waals surface area contributed by atoms with Crippen molar-refractivity contribution in [3.63, 3.8) is 0 Å². The van der Waals surface area contributed by atoms with Gasteiger partial charge in [-0.2, -0.15) is 0 Å². The highest BCUT2D eigenvalue weighted by Gasteiger charge is 2.33. The van der Waals surface area contributed by atoms with Crippen molar-refractivity contribution in [2.75, 3.05) is 0 Å². The van der Waals surface area contributed by atoms with Crippen LogP contribution in [0.1, 0.15) is 38.1 Å². The van der Waals surface area contributed by atoms with Crippen LogP contribution in [0.5, 0.6) is 0 Å². The third-order valence-electron chi connectivity index (χ3n) is 5.44. The van der Waals surface area contributed by atoms with Gasteiger partial charge >= 0.3 is 5.97 Å². The molecule has 1 aliphatic heterocycles. The molecular formula is C26H20BrClN4O4S2. The number of hydrogen-bond donors (Lipinski definition) is 0. The second-order valence-electron chi connectivity index (χ2n) is 8.51. The molecule has 4 aromatic rings. The van der Waals surface area contributed by atoms with E-state index in [9.17, 15) is 9.59 Å². The molecule has 12 heteroatoms. The van der Waals surface area contributed by atoms with Crippen LogP contribution < -0.4 is 14.9 Å². The Morgan fingerprint density at radius 3 is 2.66 bits per heavy atom. The Hall–Kier alpha value is -2.99. The first-order chi connectivity index (χ1) is 18.2. The van der Waals surface area contributed by atoms with Crippen LogP contribution in [0.2, 0.25) is 5.02 Å². The number of halogens is 2. The van der Waals surface area contributed by atoms with Crippen LogP contribution in [-0.4, -0.2) is 26.6 Å². The van der Waals surface area contributed by atoms with Crippen LogP contribution in [0, 0.1) is 0 Å². The molecule has 0 bridgehead atoms. The van der Waals surface area contributed by atoms with Gasteiger partial charge in [0.25, 0.3) is 5.56 Å². The quantitative estimate of drug-likeness (QED) is 0.215. The van der Waals surface area contributed by atoms with Gasteiger partial charge in [0.15, 0.2) is 15.1 Å². The van der Waals surface area contributed by atoms with Crippen LogP contribution in [0.15, 0.2) is 89.0 Å². The minimum Gasteiger partial charge on any atom is -0.459 e. The van der Waals surface area contributed by atoms with Crippen LogP contribution in [0.25, 0.3) is 6.08 Å². The average molecular weight is 632 g/mol. The molecule has 0 aliphatic carbocycles. The molecule has 0 fully saturated rings. The summed E-state index contributed by atoms with van der Waals surface area (Å²) in [6.07, 6.45) is 4.63. The maximum atomic E-state index is 13.8. The first kappa shape index (κ1) is 26.6. The van der Waals surface area contributed by atoms with E-state index >= 15 is 0 Å². The van der Waals surface area contributed by atoms with Crippen molar-refractivity contribution in [1.82, 2.24) is 14.5 Å². The van der Waals surface area contributed by atoms with E-state index in [1.165, 1.54) is 27.7 Å². The molecule has 0 saturated carbocycles.